The lowest BCUT2D eigenvalue weighted by Crippen LogP contribution is -2.49. The average molecular weight is 319 g/mol. The highest BCUT2D eigenvalue weighted by atomic mass is 16.5. The van der Waals surface area contributed by atoms with Crippen LogP contribution in [0.25, 0.3) is 0 Å². The van der Waals surface area contributed by atoms with Crippen LogP contribution in [0.2, 0.25) is 0 Å². The van der Waals surface area contributed by atoms with Crippen LogP contribution in [-0.4, -0.2) is 61.7 Å². The first kappa shape index (κ1) is 17.5. The predicted molar refractivity (Wildman–Crippen MR) is 94.0 cm³/mol. The lowest BCUT2D eigenvalue weighted by Gasteiger charge is -2.32. The van der Waals surface area contributed by atoms with Crippen molar-refractivity contribution >= 4 is 5.96 Å². The Bertz CT molecular complexity index is 457. The van der Waals surface area contributed by atoms with Gasteiger partial charge in [0.05, 0.1) is 12.7 Å². The van der Waals surface area contributed by atoms with E-state index < -0.39 is 0 Å². The van der Waals surface area contributed by atoms with Crippen molar-refractivity contribution in [1.29, 1.82) is 0 Å². The number of nitrogens with one attached hydrogen (secondary N) is 2. The molecule has 0 aromatic carbocycles. The van der Waals surface area contributed by atoms with Gasteiger partial charge in [0.1, 0.15) is 12.4 Å². The molecule has 1 aromatic heterocycles. The summed E-state index contributed by atoms with van der Waals surface area (Å²) in [4.78, 5) is 10.9. The molecule has 0 aliphatic carbocycles. The van der Waals surface area contributed by atoms with Gasteiger partial charge in [-0.25, -0.2) is 0 Å². The highest BCUT2D eigenvalue weighted by Gasteiger charge is 2.19. The number of aliphatic imine (C=N–C) groups is 1. The maximum Gasteiger partial charge on any atom is 0.191 e. The van der Waals surface area contributed by atoms with Crippen molar-refractivity contribution in [2.75, 3.05) is 39.8 Å². The van der Waals surface area contributed by atoms with Crippen LogP contribution in [0.3, 0.4) is 0 Å². The minimum Gasteiger partial charge on any atom is -0.490 e. The van der Waals surface area contributed by atoms with E-state index in [0.29, 0.717) is 19.2 Å². The van der Waals surface area contributed by atoms with Gasteiger partial charge < -0.3 is 20.3 Å². The molecule has 23 heavy (non-hydrogen) atoms. The van der Waals surface area contributed by atoms with E-state index in [0.717, 1.165) is 11.7 Å². The first-order valence-corrected chi connectivity index (χ1v) is 8.54. The molecule has 6 nitrogen and oxygen atoms in total. The summed E-state index contributed by atoms with van der Waals surface area (Å²) < 4.78 is 5.62. The van der Waals surface area contributed by atoms with Crippen LogP contribution in [0.4, 0.5) is 0 Å². The Hall–Kier alpha value is -1.82. The van der Waals surface area contributed by atoms with Gasteiger partial charge in [0.2, 0.25) is 0 Å². The highest BCUT2D eigenvalue weighted by Crippen LogP contribution is 2.10. The summed E-state index contributed by atoms with van der Waals surface area (Å²) in [6.45, 7) is 7.10. The van der Waals surface area contributed by atoms with Gasteiger partial charge in [-0.15, -0.1) is 0 Å². The van der Waals surface area contributed by atoms with Crippen molar-refractivity contribution in [1.82, 2.24) is 20.5 Å². The first-order valence-electron chi connectivity index (χ1n) is 8.54. The van der Waals surface area contributed by atoms with E-state index in [1.54, 1.807) is 12.4 Å². The summed E-state index contributed by atoms with van der Waals surface area (Å²) in [5.74, 6) is 1.65. The van der Waals surface area contributed by atoms with Crippen molar-refractivity contribution in [2.45, 2.75) is 32.2 Å². The van der Waals surface area contributed by atoms with Crippen molar-refractivity contribution in [3.63, 3.8) is 0 Å². The monoisotopic (exact) mass is 319 g/mol. The maximum atomic E-state index is 5.62. The van der Waals surface area contributed by atoms with E-state index in [1.165, 1.54) is 38.9 Å². The fourth-order valence-corrected chi connectivity index (χ4v) is 2.78. The summed E-state index contributed by atoms with van der Waals surface area (Å²) >= 11 is 0. The predicted octanol–water partition coefficient (Wildman–Crippen LogP) is 1.50. The Kier molecular flexibility index (Phi) is 7.66. The third-order valence-electron chi connectivity index (χ3n) is 3.99. The number of rotatable bonds is 7. The molecule has 0 saturated carbocycles. The standard InChI is InChI=1S/C17H29N5O/c1-3-10-22-11-6-15(7-12-22)21-17(18-2)20-9-13-23-16-5-4-8-19-14-16/h4-5,8,14-15H,3,6-7,9-13H2,1-2H3,(H2,18,20,21). The van der Waals surface area contributed by atoms with E-state index >= 15 is 0 Å². The molecule has 1 saturated heterocycles. The van der Waals surface area contributed by atoms with Crippen molar-refractivity contribution in [3.8, 4) is 5.75 Å². The van der Waals surface area contributed by atoms with Gasteiger partial charge in [0, 0.05) is 32.4 Å². The molecule has 128 valence electrons. The molecule has 0 unspecified atom stereocenters. The molecule has 0 atom stereocenters. The molecule has 2 heterocycles. The SMILES string of the molecule is CCCN1CCC(NC(=NC)NCCOc2cccnc2)CC1. The summed E-state index contributed by atoms with van der Waals surface area (Å²) in [6.07, 6.45) is 7.04. The van der Waals surface area contributed by atoms with E-state index in [1.807, 2.05) is 19.2 Å². The molecule has 1 aliphatic rings. The number of nitrogens with zero attached hydrogens (tertiary/aromatic N) is 3. The summed E-state index contributed by atoms with van der Waals surface area (Å²) in [7, 11) is 1.81. The zero-order valence-electron chi connectivity index (χ0n) is 14.3. The molecular formula is C17H29N5O. The molecule has 2 rings (SSSR count). The second kappa shape index (κ2) is 10.0. The van der Waals surface area contributed by atoms with Crippen LogP contribution in [0, 0.1) is 0 Å². The maximum absolute atomic E-state index is 5.62. The van der Waals surface area contributed by atoms with Crippen LogP contribution in [-0.2, 0) is 0 Å². The molecular weight excluding hydrogens is 290 g/mol. The van der Waals surface area contributed by atoms with Gasteiger partial charge in [0.15, 0.2) is 5.96 Å². The smallest absolute Gasteiger partial charge is 0.191 e. The summed E-state index contributed by atoms with van der Waals surface area (Å²) in [5.41, 5.74) is 0. The molecule has 1 aliphatic heterocycles. The molecule has 0 amide bonds. The number of aromatic nitrogens is 1. The minimum atomic E-state index is 0.508. The molecule has 0 bridgehead atoms. The van der Waals surface area contributed by atoms with Crippen molar-refractivity contribution in [2.24, 2.45) is 4.99 Å². The first-order chi connectivity index (χ1) is 11.3. The van der Waals surface area contributed by atoms with Gasteiger partial charge in [-0.3, -0.25) is 9.98 Å². The molecule has 2 N–H and O–H groups in total. The van der Waals surface area contributed by atoms with Gasteiger partial charge in [-0.05, 0) is 37.9 Å². The van der Waals surface area contributed by atoms with E-state index in [-0.39, 0.29) is 0 Å². The number of pyridine rings is 1. The quantitative estimate of drug-likeness (QED) is 0.453. The number of guanidine groups is 1. The summed E-state index contributed by atoms with van der Waals surface area (Å²) in [5, 5.41) is 6.81. The Morgan fingerprint density at radius 1 is 1.43 bits per heavy atom. The number of ether oxygens (including phenoxy) is 1. The average Bonchev–Trinajstić information content (AvgIpc) is 2.60. The van der Waals surface area contributed by atoms with E-state index in [4.69, 9.17) is 4.74 Å². The van der Waals surface area contributed by atoms with E-state index in [2.05, 4.69) is 32.4 Å². The lowest BCUT2D eigenvalue weighted by molar-refractivity contribution is 0.206. The fraction of sp³-hybridized carbons (Fsp3) is 0.647. The van der Waals surface area contributed by atoms with Gasteiger partial charge >= 0.3 is 0 Å². The van der Waals surface area contributed by atoms with Crippen LogP contribution >= 0.6 is 0 Å². The van der Waals surface area contributed by atoms with E-state index in [9.17, 15) is 0 Å². The second-order valence-electron chi connectivity index (χ2n) is 5.80. The third kappa shape index (κ3) is 6.44. The number of hydrogen-bond acceptors (Lipinski definition) is 4. The third-order valence-corrected chi connectivity index (χ3v) is 3.99. The van der Waals surface area contributed by atoms with Crippen molar-refractivity contribution < 1.29 is 4.74 Å². The minimum absolute atomic E-state index is 0.508. The molecule has 0 spiro atoms. The fourth-order valence-electron chi connectivity index (χ4n) is 2.78. The van der Waals surface area contributed by atoms with Crippen molar-refractivity contribution in [3.05, 3.63) is 24.5 Å². The molecule has 6 heteroatoms. The zero-order chi connectivity index (χ0) is 16.3. The van der Waals surface area contributed by atoms with Crippen LogP contribution < -0.4 is 15.4 Å². The highest BCUT2D eigenvalue weighted by molar-refractivity contribution is 5.79. The lowest BCUT2D eigenvalue weighted by atomic mass is 10.1. The number of hydrogen-bond donors (Lipinski definition) is 2. The zero-order valence-corrected chi connectivity index (χ0v) is 14.3. The Morgan fingerprint density at radius 3 is 2.91 bits per heavy atom. The molecule has 0 radical (unpaired) electrons. The summed E-state index contributed by atoms with van der Waals surface area (Å²) in [6, 6.07) is 4.28. The molecule has 1 fully saturated rings. The number of piperidine rings is 1. The Labute approximate surface area is 139 Å². The number of likely N-dealkylation sites (tertiary alicyclic amines) is 1. The van der Waals surface area contributed by atoms with Gasteiger partial charge in [-0.1, -0.05) is 6.92 Å². The normalized spacial score (nSPS) is 17.0. The Morgan fingerprint density at radius 2 is 2.26 bits per heavy atom. The van der Waals surface area contributed by atoms with Gasteiger partial charge in [-0.2, -0.15) is 0 Å². The second-order valence-corrected chi connectivity index (χ2v) is 5.80. The molecule has 1 aromatic rings. The van der Waals surface area contributed by atoms with Gasteiger partial charge in [0.25, 0.3) is 0 Å². The van der Waals surface area contributed by atoms with Crippen LogP contribution in [0.1, 0.15) is 26.2 Å². The topological polar surface area (TPSA) is 61.8 Å². The van der Waals surface area contributed by atoms with Crippen LogP contribution in [0.5, 0.6) is 5.75 Å². The van der Waals surface area contributed by atoms with Crippen LogP contribution in [0.15, 0.2) is 29.5 Å². The Balaban J connectivity index is 1.62. The largest absolute Gasteiger partial charge is 0.490 e.